The quantitative estimate of drug-likeness (QED) is 0.682. The Morgan fingerprint density at radius 1 is 1.16 bits per heavy atom. The molecule has 102 valence electrons. The van der Waals surface area contributed by atoms with Crippen molar-refractivity contribution in [3.63, 3.8) is 0 Å². The Hall–Kier alpha value is -1.47. The van der Waals surface area contributed by atoms with Crippen LogP contribution >= 0.6 is 0 Å². The number of aliphatic hydroxyl groups excluding tert-OH is 2. The molecule has 1 aromatic rings. The minimum Gasteiger partial charge on any atom is -0.455 e. The maximum absolute atomic E-state index is 11.3. The second kappa shape index (κ2) is 4.90. The Morgan fingerprint density at radius 3 is 2.63 bits per heavy atom. The molecule has 0 spiro atoms. The zero-order valence-corrected chi connectivity index (χ0v) is 10.0. The van der Waals surface area contributed by atoms with Crippen molar-refractivity contribution in [3.8, 4) is 0 Å². The molecule has 2 aliphatic heterocycles. The van der Waals surface area contributed by atoms with Crippen LogP contribution in [-0.2, 0) is 19.0 Å². The fourth-order valence-corrected chi connectivity index (χ4v) is 2.27. The van der Waals surface area contributed by atoms with Crippen LogP contribution in [0.2, 0.25) is 0 Å². The van der Waals surface area contributed by atoms with E-state index in [1.165, 1.54) is 0 Å². The molecular formula is C13H14O6. The SMILES string of the molecule is O=C1OC2COC(c3ccccc3)OC2C(O)C1O. The topological polar surface area (TPSA) is 85.2 Å². The summed E-state index contributed by atoms with van der Waals surface area (Å²) in [5.74, 6) is -0.848. The first-order valence-corrected chi connectivity index (χ1v) is 6.05. The summed E-state index contributed by atoms with van der Waals surface area (Å²) in [4.78, 5) is 11.3. The van der Waals surface area contributed by atoms with Gasteiger partial charge >= 0.3 is 5.97 Å². The van der Waals surface area contributed by atoms with E-state index in [0.29, 0.717) is 0 Å². The number of benzene rings is 1. The molecule has 0 aliphatic carbocycles. The van der Waals surface area contributed by atoms with Crippen LogP contribution in [0.4, 0.5) is 0 Å². The first-order chi connectivity index (χ1) is 9.16. The van der Waals surface area contributed by atoms with Crippen LogP contribution in [0.3, 0.4) is 0 Å². The van der Waals surface area contributed by atoms with Crippen molar-refractivity contribution in [2.45, 2.75) is 30.7 Å². The van der Waals surface area contributed by atoms with Crippen LogP contribution < -0.4 is 0 Å². The average Bonchev–Trinajstić information content (AvgIpc) is 2.46. The molecule has 0 bridgehead atoms. The van der Waals surface area contributed by atoms with Crippen molar-refractivity contribution in [2.24, 2.45) is 0 Å². The minimum absolute atomic E-state index is 0.125. The summed E-state index contributed by atoms with van der Waals surface area (Å²) in [6.45, 7) is 0.125. The van der Waals surface area contributed by atoms with E-state index in [1.807, 2.05) is 30.3 Å². The third-order valence-corrected chi connectivity index (χ3v) is 3.30. The molecule has 6 nitrogen and oxygen atoms in total. The monoisotopic (exact) mass is 266 g/mol. The Balaban J connectivity index is 1.77. The Bertz CT molecular complexity index is 459. The first kappa shape index (κ1) is 12.6. The van der Waals surface area contributed by atoms with E-state index in [2.05, 4.69) is 0 Å². The van der Waals surface area contributed by atoms with Crippen LogP contribution in [0, 0.1) is 0 Å². The van der Waals surface area contributed by atoms with Gasteiger partial charge in [-0.05, 0) is 0 Å². The van der Waals surface area contributed by atoms with Crippen molar-refractivity contribution < 1.29 is 29.2 Å². The molecule has 2 fully saturated rings. The third kappa shape index (κ3) is 2.23. The van der Waals surface area contributed by atoms with Gasteiger partial charge in [0.1, 0.15) is 12.2 Å². The third-order valence-electron chi connectivity index (χ3n) is 3.30. The summed E-state index contributed by atoms with van der Waals surface area (Å²) in [6.07, 6.45) is -4.99. The second-order valence-corrected chi connectivity index (χ2v) is 4.59. The van der Waals surface area contributed by atoms with Gasteiger partial charge in [-0.1, -0.05) is 30.3 Å². The minimum atomic E-state index is -1.57. The maximum atomic E-state index is 11.3. The molecule has 5 atom stereocenters. The number of aliphatic hydroxyl groups is 2. The zero-order chi connectivity index (χ0) is 13.4. The van der Waals surface area contributed by atoms with Gasteiger partial charge in [-0.15, -0.1) is 0 Å². The summed E-state index contributed by atoms with van der Waals surface area (Å²) in [7, 11) is 0. The van der Waals surface area contributed by atoms with Crippen molar-refractivity contribution >= 4 is 5.97 Å². The van der Waals surface area contributed by atoms with Gasteiger partial charge in [0.2, 0.25) is 0 Å². The summed E-state index contributed by atoms with van der Waals surface area (Å²) in [5, 5.41) is 19.4. The first-order valence-electron chi connectivity index (χ1n) is 6.05. The molecule has 5 unspecified atom stereocenters. The Kier molecular flexibility index (Phi) is 3.24. The summed E-state index contributed by atoms with van der Waals surface area (Å²) < 4.78 is 16.0. The fourth-order valence-electron chi connectivity index (χ4n) is 2.27. The lowest BCUT2D eigenvalue weighted by Gasteiger charge is -2.42. The van der Waals surface area contributed by atoms with Crippen LogP contribution in [0.15, 0.2) is 30.3 Å². The van der Waals surface area contributed by atoms with Gasteiger partial charge in [0.25, 0.3) is 0 Å². The standard InChI is InChI=1S/C13H14O6/c14-9-10(15)12(16)18-8-6-17-13(19-11(8)9)7-4-2-1-3-5-7/h1-5,8-11,13-15H,6H2. The molecule has 3 rings (SSSR count). The smallest absolute Gasteiger partial charge is 0.338 e. The highest BCUT2D eigenvalue weighted by atomic mass is 16.7. The number of hydrogen-bond acceptors (Lipinski definition) is 6. The van der Waals surface area contributed by atoms with E-state index in [9.17, 15) is 15.0 Å². The van der Waals surface area contributed by atoms with Gasteiger partial charge in [-0.25, -0.2) is 4.79 Å². The predicted molar refractivity (Wildman–Crippen MR) is 61.9 cm³/mol. The highest BCUT2D eigenvalue weighted by Gasteiger charge is 2.49. The van der Waals surface area contributed by atoms with Gasteiger partial charge in [0.05, 0.1) is 6.61 Å². The maximum Gasteiger partial charge on any atom is 0.338 e. The lowest BCUT2D eigenvalue weighted by atomic mass is 9.98. The summed E-state index contributed by atoms with van der Waals surface area (Å²) >= 11 is 0. The van der Waals surface area contributed by atoms with Crippen LogP contribution in [0.5, 0.6) is 0 Å². The van der Waals surface area contributed by atoms with Gasteiger partial charge in [0, 0.05) is 5.56 Å². The number of ether oxygens (including phenoxy) is 3. The number of carbonyl (C=O) groups excluding carboxylic acids is 1. The molecule has 0 aromatic heterocycles. The summed E-state index contributed by atoms with van der Waals surface area (Å²) in [6, 6.07) is 9.24. The molecular weight excluding hydrogens is 252 g/mol. The van der Waals surface area contributed by atoms with E-state index in [0.717, 1.165) is 5.56 Å². The van der Waals surface area contributed by atoms with Crippen molar-refractivity contribution in [1.82, 2.24) is 0 Å². The van der Waals surface area contributed by atoms with E-state index < -0.39 is 36.7 Å². The predicted octanol–water partition coefficient (Wildman–Crippen LogP) is -0.252. The van der Waals surface area contributed by atoms with Crippen LogP contribution in [0.25, 0.3) is 0 Å². The molecule has 2 heterocycles. The van der Waals surface area contributed by atoms with Crippen molar-refractivity contribution in [2.75, 3.05) is 6.61 Å². The highest BCUT2D eigenvalue weighted by molar-refractivity contribution is 5.76. The molecule has 6 heteroatoms. The molecule has 19 heavy (non-hydrogen) atoms. The number of carbonyl (C=O) groups is 1. The van der Waals surface area contributed by atoms with E-state index in [1.54, 1.807) is 0 Å². The summed E-state index contributed by atoms with van der Waals surface area (Å²) in [5.41, 5.74) is 0.805. The largest absolute Gasteiger partial charge is 0.455 e. The van der Waals surface area contributed by atoms with Gasteiger partial charge < -0.3 is 24.4 Å². The molecule has 0 saturated carbocycles. The lowest BCUT2D eigenvalue weighted by Crippen LogP contribution is -2.60. The molecule has 2 aliphatic rings. The van der Waals surface area contributed by atoms with E-state index in [4.69, 9.17) is 14.2 Å². The van der Waals surface area contributed by atoms with Crippen LogP contribution in [-0.4, -0.2) is 47.2 Å². The molecule has 2 saturated heterocycles. The number of hydrogen-bond donors (Lipinski definition) is 2. The fraction of sp³-hybridized carbons (Fsp3) is 0.462. The average molecular weight is 266 g/mol. The normalized spacial score (nSPS) is 38.4. The lowest BCUT2D eigenvalue weighted by molar-refractivity contribution is -0.302. The molecule has 2 N–H and O–H groups in total. The second-order valence-electron chi connectivity index (χ2n) is 4.59. The van der Waals surface area contributed by atoms with E-state index in [-0.39, 0.29) is 6.61 Å². The van der Waals surface area contributed by atoms with Crippen LogP contribution in [0.1, 0.15) is 11.9 Å². The molecule has 1 aromatic carbocycles. The van der Waals surface area contributed by atoms with Gasteiger partial charge in [0.15, 0.2) is 18.5 Å². The molecule has 0 radical (unpaired) electrons. The van der Waals surface area contributed by atoms with Gasteiger partial charge in [-0.3, -0.25) is 0 Å². The van der Waals surface area contributed by atoms with Crippen molar-refractivity contribution in [3.05, 3.63) is 35.9 Å². The molecule has 0 amide bonds. The zero-order valence-electron chi connectivity index (χ0n) is 10.0. The van der Waals surface area contributed by atoms with Gasteiger partial charge in [-0.2, -0.15) is 0 Å². The Labute approximate surface area is 109 Å². The number of fused-ring (bicyclic) bond motifs is 1. The number of esters is 1. The van der Waals surface area contributed by atoms with Crippen molar-refractivity contribution in [1.29, 1.82) is 0 Å². The van der Waals surface area contributed by atoms with E-state index >= 15 is 0 Å². The highest BCUT2D eigenvalue weighted by Crippen LogP contribution is 2.32. The Morgan fingerprint density at radius 2 is 1.89 bits per heavy atom. The number of rotatable bonds is 1.